The van der Waals surface area contributed by atoms with Crippen LogP contribution in [0.25, 0.3) is 0 Å². The maximum absolute atomic E-state index is 0. The van der Waals surface area contributed by atoms with Crippen molar-refractivity contribution in [3.05, 3.63) is 0 Å². The summed E-state index contributed by atoms with van der Waals surface area (Å²) in [6.07, 6.45) is 0. The first kappa shape index (κ1) is 27.2. The smallest absolute Gasteiger partial charge is 2.00 e. The molecular weight excluding hydrogens is 496 g/mol. The summed E-state index contributed by atoms with van der Waals surface area (Å²) in [6, 6.07) is 0. The van der Waals surface area contributed by atoms with Crippen molar-refractivity contribution in [2.24, 2.45) is 0 Å². The van der Waals surface area contributed by atoms with E-state index < -0.39 is 0 Å². The van der Waals surface area contributed by atoms with Crippen LogP contribution in [0.5, 0.6) is 0 Å². The van der Waals surface area contributed by atoms with Crippen LogP contribution in [-0.2, 0) is 72.0 Å². The number of hydrogen-bond acceptors (Lipinski definition) is 0. The van der Waals surface area contributed by atoms with Crippen LogP contribution in [0.3, 0.4) is 0 Å². The third kappa shape index (κ3) is 8.94. The average Bonchev–Trinajstić information content (AvgIpc) is 0. The Morgan fingerprint density at radius 3 is 1.00 bits per heavy atom. The molecule has 0 aromatic heterocycles. The fourth-order valence-corrected chi connectivity index (χ4v) is 0. The summed E-state index contributed by atoms with van der Waals surface area (Å²) in [6.45, 7) is 0. The van der Waals surface area contributed by atoms with Crippen molar-refractivity contribution in [2.75, 3.05) is 0 Å². The van der Waals surface area contributed by atoms with E-state index in [4.69, 9.17) is 0 Å². The number of hydrogen-bond donors (Lipinski definition) is 0. The Balaban J connectivity index is 0. The molecule has 0 aromatic rings. The second kappa shape index (κ2) is 16.4. The van der Waals surface area contributed by atoms with Crippen LogP contribution in [0.1, 0.15) is 0 Å². The van der Waals surface area contributed by atoms with Crippen molar-refractivity contribution in [3.63, 3.8) is 0 Å². The molecule has 17 valence electrons. The summed E-state index contributed by atoms with van der Waals surface area (Å²) in [5, 5.41) is 0. The van der Waals surface area contributed by atoms with Gasteiger partial charge in [0.15, 0.2) is 0 Å². The Labute approximate surface area is 93.7 Å². The van der Waals surface area contributed by atoms with Crippen LogP contribution in [0.2, 0.25) is 0 Å². The van der Waals surface area contributed by atoms with Crippen LogP contribution >= 0.6 is 0 Å². The Hall–Kier alpha value is 3.17. The molecule has 0 rings (SSSR count). The van der Waals surface area contributed by atoms with Crippen LogP contribution in [0, 0.1) is 0 Å². The summed E-state index contributed by atoms with van der Waals surface area (Å²) in [7, 11) is 0. The zero-order chi connectivity index (χ0) is 0. The van der Waals surface area contributed by atoms with Gasteiger partial charge in [-0.05, 0) is 0 Å². The molecule has 4 heavy (non-hydrogen) atoms. The van der Waals surface area contributed by atoms with Crippen molar-refractivity contribution in [3.8, 4) is 0 Å². The summed E-state index contributed by atoms with van der Waals surface area (Å²) >= 11 is 0. The molecule has 0 aliphatic carbocycles. The Kier molecular flexibility index (Phi) is 112. The maximum Gasteiger partial charge on any atom is 2.00 e. The van der Waals surface area contributed by atoms with Crippen molar-refractivity contribution < 1.29 is 72.0 Å². The van der Waals surface area contributed by atoms with E-state index in [-0.39, 0.29) is 95.7 Å². The minimum absolute atomic E-state index is 0. The zero-order valence-electron chi connectivity index (χ0n) is 2.20. The summed E-state index contributed by atoms with van der Waals surface area (Å²) in [4.78, 5) is 0. The fraction of sp³-hybridized carbons (Fsp3) is 0. The van der Waals surface area contributed by atoms with E-state index in [1.165, 1.54) is 0 Å². The Bertz CT molecular complexity index is 8.00. The van der Waals surface area contributed by atoms with Crippen LogP contribution in [-0.4, -0.2) is 23.7 Å². The SMILES string of the molecule is [Cd].[Hg].[Mn+2].[Te-2]. The first-order chi connectivity index (χ1) is 0. The molecule has 0 saturated carbocycles. The standard InChI is InChI=1S/Cd.Hg.Mn.Te/q;;+2;-2. The second-order valence-electron chi connectivity index (χ2n) is 0. The topological polar surface area (TPSA) is 0 Å². The molecule has 0 nitrogen and oxygen atoms in total. The molecule has 0 amide bonds. The minimum atomic E-state index is 0. The molecule has 4 heteroatoms. The average molecular weight is 496 g/mol. The van der Waals surface area contributed by atoms with E-state index >= 15 is 0 Å². The monoisotopic (exact) mass is 501 g/mol. The first-order valence-corrected chi connectivity index (χ1v) is 0. The number of rotatable bonds is 0. The van der Waals surface area contributed by atoms with Gasteiger partial charge >= 0.3 is 17.1 Å². The maximum atomic E-state index is 0. The Morgan fingerprint density at radius 1 is 1.00 bits per heavy atom. The molecule has 0 heterocycles. The first-order valence-electron chi connectivity index (χ1n) is 0. The van der Waals surface area contributed by atoms with E-state index in [9.17, 15) is 0 Å². The van der Waals surface area contributed by atoms with Gasteiger partial charge in [-0.25, -0.2) is 0 Å². The van der Waals surface area contributed by atoms with Gasteiger partial charge in [-0.15, -0.1) is 0 Å². The summed E-state index contributed by atoms with van der Waals surface area (Å²) in [5.41, 5.74) is 0. The van der Waals surface area contributed by atoms with Crippen LogP contribution < -0.4 is 0 Å². The molecule has 0 N–H and O–H groups in total. The quantitative estimate of drug-likeness (QED) is 0.402. The molecule has 0 atom stereocenters. The molecule has 0 saturated heterocycles. The van der Waals surface area contributed by atoms with Gasteiger partial charge in [0.2, 0.25) is 0 Å². The van der Waals surface area contributed by atoms with Crippen molar-refractivity contribution in [2.45, 2.75) is 0 Å². The molecule has 0 unspecified atom stereocenters. The normalized spacial score (nSPS) is 0. The van der Waals surface area contributed by atoms with Gasteiger partial charge in [0, 0.05) is 55.0 Å². The van der Waals surface area contributed by atoms with Gasteiger partial charge in [-0.3, -0.25) is 0 Å². The van der Waals surface area contributed by atoms with E-state index in [0.29, 0.717) is 0 Å². The largest absolute Gasteiger partial charge is 2.00 e. The van der Waals surface area contributed by atoms with Gasteiger partial charge in [-0.1, -0.05) is 0 Å². The zero-order valence-corrected chi connectivity index (χ0v) is 15.2. The molecule has 0 bridgehead atoms. The van der Waals surface area contributed by atoms with E-state index in [1.54, 1.807) is 0 Å². The molecule has 0 aromatic carbocycles. The minimum Gasteiger partial charge on any atom is -2.00 e. The Morgan fingerprint density at radius 2 is 1.00 bits per heavy atom. The summed E-state index contributed by atoms with van der Waals surface area (Å²) < 4.78 is 0. The molecule has 0 aliphatic rings. The fourth-order valence-electron chi connectivity index (χ4n) is 0. The van der Waals surface area contributed by atoms with Gasteiger partial charge in [0.25, 0.3) is 0 Å². The summed E-state index contributed by atoms with van der Waals surface area (Å²) in [5.74, 6) is 0. The van der Waals surface area contributed by atoms with Crippen LogP contribution in [0.4, 0.5) is 0 Å². The molecule has 1 radical (unpaired) electrons. The molecule has 0 aliphatic heterocycles. The van der Waals surface area contributed by atoms with Crippen molar-refractivity contribution in [1.82, 2.24) is 0 Å². The third-order valence-electron chi connectivity index (χ3n) is 0. The predicted octanol–water partition coefficient (Wildman–Crippen LogP) is -0.388. The second-order valence-corrected chi connectivity index (χ2v) is 0. The third-order valence-corrected chi connectivity index (χ3v) is 0. The van der Waals surface area contributed by atoms with E-state index in [2.05, 4.69) is 0 Å². The van der Waals surface area contributed by atoms with Gasteiger partial charge in [0.05, 0.1) is 0 Å². The molecular formula is CdHgMnTe. The van der Waals surface area contributed by atoms with Crippen LogP contribution in [0.15, 0.2) is 0 Å². The van der Waals surface area contributed by atoms with E-state index in [1.807, 2.05) is 0 Å². The molecule has 0 fully saturated rings. The van der Waals surface area contributed by atoms with Gasteiger partial charge < -0.3 is 23.7 Å². The predicted molar refractivity (Wildman–Crippen MR) is 5.75 cm³/mol. The van der Waals surface area contributed by atoms with Crippen molar-refractivity contribution in [1.29, 1.82) is 0 Å². The van der Waals surface area contributed by atoms with Gasteiger partial charge in [-0.2, -0.15) is 0 Å². The van der Waals surface area contributed by atoms with E-state index in [0.717, 1.165) is 0 Å². The van der Waals surface area contributed by atoms with Gasteiger partial charge in [0.1, 0.15) is 0 Å². The van der Waals surface area contributed by atoms with Crippen molar-refractivity contribution >= 4 is 23.7 Å². The molecule has 0 spiro atoms.